The van der Waals surface area contributed by atoms with Crippen LogP contribution in [0.2, 0.25) is 0 Å². The number of nitrogens with zero attached hydrogens (tertiary/aromatic N) is 1. The van der Waals surface area contributed by atoms with Gasteiger partial charge in [0, 0.05) is 23.9 Å². The van der Waals surface area contributed by atoms with Crippen LogP contribution >= 0.6 is 0 Å². The number of benzene rings is 3. The molecule has 4 rings (SSSR count). The van der Waals surface area contributed by atoms with Gasteiger partial charge in [-0.05, 0) is 50.1 Å². The van der Waals surface area contributed by atoms with Gasteiger partial charge in [0.1, 0.15) is 18.0 Å². The molecule has 168 valence electrons. The van der Waals surface area contributed by atoms with Crippen molar-refractivity contribution in [3.63, 3.8) is 0 Å². The zero-order valence-electron chi connectivity index (χ0n) is 19.0. The quantitative estimate of drug-likeness (QED) is 0.546. The number of hydrogen-bond acceptors (Lipinski definition) is 4. The van der Waals surface area contributed by atoms with E-state index in [1.165, 1.54) is 0 Å². The van der Waals surface area contributed by atoms with Crippen molar-refractivity contribution in [3.05, 3.63) is 71.8 Å². The molecule has 3 aromatic rings. The average Bonchev–Trinajstić information content (AvgIpc) is 2.96. The highest BCUT2D eigenvalue weighted by molar-refractivity contribution is 6.00. The second-order valence-corrected chi connectivity index (χ2v) is 9.28. The average molecular weight is 434 g/mol. The fourth-order valence-electron chi connectivity index (χ4n) is 4.31. The molecule has 0 aromatic heterocycles. The number of ether oxygens (including phenoxy) is 2. The Balaban J connectivity index is 1.83. The summed E-state index contributed by atoms with van der Waals surface area (Å²) in [6.45, 7) is 6.61. The molecule has 0 bridgehead atoms. The van der Waals surface area contributed by atoms with E-state index in [1.54, 1.807) is 4.90 Å². The Morgan fingerprint density at radius 3 is 2.44 bits per heavy atom. The first-order chi connectivity index (χ1) is 15.4. The lowest BCUT2D eigenvalue weighted by atomic mass is 9.89. The fraction of sp³-hybridized carbons (Fsp3) is 0.370. The maximum absolute atomic E-state index is 13.2. The fourth-order valence-corrected chi connectivity index (χ4v) is 4.31. The summed E-state index contributed by atoms with van der Waals surface area (Å²) in [5, 5.41) is 12.2. The van der Waals surface area contributed by atoms with Crippen LogP contribution in [0.5, 0.6) is 5.75 Å². The number of aliphatic hydroxyl groups is 1. The van der Waals surface area contributed by atoms with Crippen molar-refractivity contribution in [3.8, 4) is 5.75 Å². The molecular weight excluding hydrogens is 402 g/mol. The highest BCUT2D eigenvalue weighted by atomic mass is 16.6. The number of fused-ring (bicyclic) bond motifs is 3. The Labute approximate surface area is 189 Å². The standard InChI is InChI=1S/C27H31NO4/c1-27(2,3)32-26(30)28-15-9-12-20(17-29)25-22-14-8-7-13-21(22)24(16-23(25)28)31-18-19-10-5-4-6-11-19/h4-8,10-11,13-14,16,20,29H,9,12,15,17-18H2,1-3H3. The topological polar surface area (TPSA) is 59.0 Å². The van der Waals surface area contributed by atoms with Crippen molar-refractivity contribution < 1.29 is 19.4 Å². The van der Waals surface area contributed by atoms with Gasteiger partial charge in [-0.2, -0.15) is 0 Å². The SMILES string of the molecule is CC(C)(C)OC(=O)N1CCCC(CO)c2c1cc(OCc1ccccc1)c1ccccc21. The maximum Gasteiger partial charge on any atom is 0.414 e. The summed E-state index contributed by atoms with van der Waals surface area (Å²) in [5.41, 5.74) is 2.23. The molecule has 1 amide bonds. The molecule has 1 unspecified atom stereocenters. The first-order valence-corrected chi connectivity index (χ1v) is 11.2. The minimum atomic E-state index is -0.594. The van der Waals surface area contributed by atoms with Gasteiger partial charge in [-0.15, -0.1) is 0 Å². The third-order valence-corrected chi connectivity index (χ3v) is 5.73. The monoisotopic (exact) mass is 433 g/mol. The first-order valence-electron chi connectivity index (χ1n) is 11.2. The van der Waals surface area contributed by atoms with Crippen LogP contribution in [-0.4, -0.2) is 30.0 Å². The molecule has 1 atom stereocenters. The molecule has 0 aliphatic carbocycles. The number of aliphatic hydroxyl groups excluding tert-OH is 1. The number of amides is 1. The molecule has 5 heteroatoms. The third kappa shape index (κ3) is 4.73. The Morgan fingerprint density at radius 2 is 1.75 bits per heavy atom. The van der Waals surface area contributed by atoms with Gasteiger partial charge >= 0.3 is 6.09 Å². The molecule has 0 saturated carbocycles. The summed E-state index contributed by atoms with van der Waals surface area (Å²) in [4.78, 5) is 14.9. The van der Waals surface area contributed by atoms with Crippen LogP contribution in [0.1, 0.15) is 50.7 Å². The van der Waals surface area contributed by atoms with Crippen LogP contribution < -0.4 is 9.64 Å². The van der Waals surface area contributed by atoms with Gasteiger partial charge in [0.25, 0.3) is 0 Å². The Kier molecular flexibility index (Phi) is 6.38. The van der Waals surface area contributed by atoms with Crippen molar-refractivity contribution in [1.82, 2.24) is 0 Å². The summed E-state index contributed by atoms with van der Waals surface area (Å²) in [5.74, 6) is 0.667. The molecule has 1 aliphatic rings. The van der Waals surface area contributed by atoms with Crippen molar-refractivity contribution in [1.29, 1.82) is 0 Å². The van der Waals surface area contributed by atoms with Crippen LogP contribution in [0.3, 0.4) is 0 Å². The van der Waals surface area contributed by atoms with E-state index < -0.39 is 5.60 Å². The number of rotatable bonds is 4. The summed E-state index contributed by atoms with van der Waals surface area (Å²) in [6.07, 6.45) is 1.21. The van der Waals surface area contributed by atoms with Crippen LogP contribution in [0.4, 0.5) is 10.5 Å². The maximum atomic E-state index is 13.2. The molecule has 5 nitrogen and oxygen atoms in total. The molecule has 0 spiro atoms. The van der Waals surface area contributed by atoms with Gasteiger partial charge in [-0.25, -0.2) is 4.79 Å². The molecule has 0 radical (unpaired) electrons. The van der Waals surface area contributed by atoms with E-state index in [2.05, 4.69) is 0 Å². The van der Waals surface area contributed by atoms with Crippen molar-refractivity contribution in [2.45, 2.75) is 51.7 Å². The van der Waals surface area contributed by atoms with Crippen LogP contribution in [0.25, 0.3) is 10.8 Å². The second kappa shape index (κ2) is 9.21. The van der Waals surface area contributed by atoms with Crippen molar-refractivity contribution >= 4 is 22.6 Å². The molecule has 1 aliphatic heterocycles. The Morgan fingerprint density at radius 1 is 1.06 bits per heavy atom. The largest absolute Gasteiger partial charge is 0.488 e. The number of carbonyl (C=O) groups excluding carboxylic acids is 1. The first kappa shape index (κ1) is 22.2. The van der Waals surface area contributed by atoms with E-state index in [1.807, 2.05) is 81.4 Å². The van der Waals surface area contributed by atoms with Crippen LogP contribution in [0, 0.1) is 0 Å². The van der Waals surface area contributed by atoms with Crippen molar-refractivity contribution in [2.24, 2.45) is 0 Å². The number of anilines is 1. The van der Waals surface area contributed by atoms with Gasteiger partial charge in [-0.1, -0.05) is 54.6 Å². The summed E-state index contributed by atoms with van der Waals surface area (Å²) in [6, 6.07) is 20.0. The van der Waals surface area contributed by atoms with Crippen LogP contribution in [0.15, 0.2) is 60.7 Å². The predicted molar refractivity (Wildman–Crippen MR) is 127 cm³/mol. The lowest BCUT2D eigenvalue weighted by molar-refractivity contribution is 0.0580. The summed E-state index contributed by atoms with van der Waals surface area (Å²) < 4.78 is 12.0. The minimum Gasteiger partial charge on any atom is -0.488 e. The van der Waals surface area contributed by atoms with E-state index in [-0.39, 0.29) is 18.6 Å². The minimum absolute atomic E-state index is 0.0311. The molecule has 0 saturated heterocycles. The molecule has 32 heavy (non-hydrogen) atoms. The second-order valence-electron chi connectivity index (χ2n) is 9.28. The highest BCUT2D eigenvalue weighted by Crippen LogP contribution is 2.44. The third-order valence-electron chi connectivity index (χ3n) is 5.73. The summed E-state index contributed by atoms with van der Waals surface area (Å²) in [7, 11) is 0. The van der Waals surface area contributed by atoms with Crippen molar-refractivity contribution in [2.75, 3.05) is 18.1 Å². The summed E-state index contributed by atoms with van der Waals surface area (Å²) >= 11 is 0. The van der Waals surface area contributed by atoms with E-state index in [0.717, 1.165) is 46.2 Å². The van der Waals surface area contributed by atoms with Gasteiger partial charge in [-0.3, -0.25) is 4.90 Å². The number of carbonyl (C=O) groups is 1. The molecule has 1 heterocycles. The van der Waals surface area contributed by atoms with Gasteiger partial charge in [0.2, 0.25) is 0 Å². The van der Waals surface area contributed by atoms with E-state index in [9.17, 15) is 9.90 Å². The predicted octanol–water partition coefficient (Wildman–Crippen LogP) is 6.03. The Hall–Kier alpha value is -3.05. The van der Waals surface area contributed by atoms with Crippen LogP contribution in [-0.2, 0) is 11.3 Å². The lowest BCUT2D eigenvalue weighted by Gasteiger charge is -2.29. The highest BCUT2D eigenvalue weighted by Gasteiger charge is 2.31. The van der Waals surface area contributed by atoms with E-state index >= 15 is 0 Å². The number of hydrogen-bond donors (Lipinski definition) is 1. The van der Waals surface area contributed by atoms with E-state index in [0.29, 0.717) is 13.2 Å². The van der Waals surface area contributed by atoms with Gasteiger partial charge < -0.3 is 14.6 Å². The normalized spacial score (nSPS) is 16.4. The van der Waals surface area contributed by atoms with E-state index in [4.69, 9.17) is 9.47 Å². The molecular formula is C27H31NO4. The van der Waals surface area contributed by atoms with Gasteiger partial charge in [0.15, 0.2) is 0 Å². The zero-order valence-corrected chi connectivity index (χ0v) is 19.0. The zero-order chi connectivity index (χ0) is 22.7. The molecule has 3 aromatic carbocycles. The van der Waals surface area contributed by atoms with Gasteiger partial charge in [0.05, 0.1) is 12.3 Å². The Bertz CT molecular complexity index is 1090. The smallest absolute Gasteiger partial charge is 0.414 e. The lowest BCUT2D eigenvalue weighted by Crippen LogP contribution is -2.37. The molecule has 0 fully saturated rings. The molecule has 1 N–H and O–H groups in total.